The lowest BCUT2D eigenvalue weighted by atomic mass is 9.77. The van der Waals surface area contributed by atoms with Gasteiger partial charge in [0.05, 0.1) is 35.4 Å². The van der Waals surface area contributed by atoms with Crippen LogP contribution in [0.5, 0.6) is 5.75 Å². The number of imide groups is 1. The zero-order valence-corrected chi connectivity index (χ0v) is 29.2. The molecular formula is C35H47ClN8O4. The first-order chi connectivity index (χ1) is 23.0. The molecule has 5 N–H and O–H groups in total. The smallest absolute Gasteiger partial charge is 0.249 e. The van der Waals surface area contributed by atoms with Gasteiger partial charge in [0, 0.05) is 30.2 Å². The molecule has 0 unspecified atom stereocenters. The van der Waals surface area contributed by atoms with E-state index in [9.17, 15) is 14.4 Å². The zero-order valence-electron chi connectivity index (χ0n) is 28.4. The van der Waals surface area contributed by atoms with Crippen LogP contribution in [0.15, 0.2) is 36.7 Å². The maximum absolute atomic E-state index is 13.7. The molecule has 0 bridgehead atoms. The lowest BCUT2D eigenvalue weighted by molar-refractivity contribution is -0.137. The number of halogens is 1. The van der Waals surface area contributed by atoms with Gasteiger partial charge in [-0.2, -0.15) is 0 Å². The molecule has 13 heteroatoms. The summed E-state index contributed by atoms with van der Waals surface area (Å²) in [6, 6.07) is 7.72. The molecule has 3 aromatic rings. The summed E-state index contributed by atoms with van der Waals surface area (Å²) in [7, 11) is 3.25. The Labute approximate surface area is 287 Å². The summed E-state index contributed by atoms with van der Waals surface area (Å²) in [6.07, 6.45) is 6.89. The number of nitrogens with zero attached hydrogens (tertiary/aromatic N) is 3. The molecule has 2 aliphatic heterocycles. The van der Waals surface area contributed by atoms with Gasteiger partial charge >= 0.3 is 0 Å². The van der Waals surface area contributed by atoms with Crippen molar-refractivity contribution in [2.75, 3.05) is 44.0 Å². The second kappa shape index (κ2) is 15.5. The summed E-state index contributed by atoms with van der Waals surface area (Å²) in [5, 5.41) is 16.3. The molecule has 0 saturated carbocycles. The number of nitrogens with one attached hydrogen (secondary N) is 5. The van der Waals surface area contributed by atoms with Crippen molar-refractivity contribution < 1.29 is 19.1 Å². The third-order valence-electron chi connectivity index (χ3n) is 9.37. The first-order valence-electron chi connectivity index (χ1n) is 16.7. The lowest BCUT2D eigenvalue weighted by Crippen LogP contribution is -2.59. The minimum Gasteiger partial charge on any atom is -0.496 e. The molecule has 48 heavy (non-hydrogen) atoms. The predicted octanol–water partition coefficient (Wildman–Crippen LogP) is 4.08. The van der Waals surface area contributed by atoms with E-state index < -0.39 is 35.4 Å². The van der Waals surface area contributed by atoms with Gasteiger partial charge < -0.3 is 30.9 Å². The van der Waals surface area contributed by atoms with Crippen LogP contribution in [0.2, 0.25) is 5.02 Å². The number of anilines is 3. The number of hydrogen-bond acceptors (Lipinski definition) is 10. The quantitative estimate of drug-likeness (QED) is 0.190. The predicted molar refractivity (Wildman–Crippen MR) is 189 cm³/mol. The molecule has 2 fully saturated rings. The highest BCUT2D eigenvalue weighted by Crippen LogP contribution is 2.37. The second-order valence-corrected chi connectivity index (χ2v) is 13.8. The highest BCUT2D eigenvalue weighted by Gasteiger charge is 2.39. The van der Waals surface area contributed by atoms with Crippen LogP contribution in [0.3, 0.4) is 0 Å². The molecule has 2 aliphatic rings. The van der Waals surface area contributed by atoms with E-state index in [1.807, 2.05) is 44.2 Å². The van der Waals surface area contributed by atoms with Gasteiger partial charge in [0.25, 0.3) is 0 Å². The average molecular weight is 679 g/mol. The molecule has 0 spiro atoms. The molecule has 0 aliphatic carbocycles. The van der Waals surface area contributed by atoms with E-state index in [4.69, 9.17) is 16.3 Å². The third kappa shape index (κ3) is 8.16. The third-order valence-corrected chi connectivity index (χ3v) is 9.67. The van der Waals surface area contributed by atoms with Crippen molar-refractivity contribution in [3.63, 3.8) is 0 Å². The topological polar surface area (TPSA) is 150 Å². The van der Waals surface area contributed by atoms with Crippen LogP contribution in [0, 0.1) is 5.41 Å². The van der Waals surface area contributed by atoms with E-state index in [1.165, 1.54) is 12.7 Å². The molecular weight excluding hydrogens is 632 g/mol. The molecule has 3 amide bonds. The van der Waals surface area contributed by atoms with Gasteiger partial charge in [0.1, 0.15) is 23.9 Å². The van der Waals surface area contributed by atoms with E-state index in [-0.39, 0.29) is 5.91 Å². The first-order valence-corrected chi connectivity index (χ1v) is 17.1. The highest BCUT2D eigenvalue weighted by molar-refractivity contribution is 6.33. The second-order valence-electron chi connectivity index (χ2n) is 13.4. The van der Waals surface area contributed by atoms with Crippen LogP contribution in [0.4, 0.5) is 17.2 Å². The van der Waals surface area contributed by atoms with Crippen molar-refractivity contribution in [1.29, 1.82) is 0 Å². The Kier molecular flexibility index (Phi) is 11.4. The number of amides is 3. The molecule has 12 nitrogen and oxygen atoms in total. The summed E-state index contributed by atoms with van der Waals surface area (Å²) >= 11 is 6.75. The number of likely N-dealkylation sites (N-methyl/N-ethyl adjacent to an activating group) is 1. The van der Waals surface area contributed by atoms with Crippen molar-refractivity contribution in [3.05, 3.63) is 47.2 Å². The van der Waals surface area contributed by atoms with E-state index >= 15 is 0 Å². The van der Waals surface area contributed by atoms with Gasteiger partial charge in [0.2, 0.25) is 17.7 Å². The lowest BCUT2D eigenvalue weighted by Gasteiger charge is -2.35. The SMILES string of the molecule is CN[C@@H](C)C(=O)N[C@H](C(=O)NC(=O)[C@@H]1CCCN1)C(C)(C)Cc1cc2c(Nc3ccc(N4CCCCC4)c(Cl)c3)ncnc2cc1OC. The normalized spacial score (nSPS) is 17.9. The molecule has 1 aromatic heterocycles. The van der Waals surface area contributed by atoms with Crippen LogP contribution in [-0.4, -0.2) is 79.6 Å². The number of carbonyl (C=O) groups excluding carboxylic acids is 3. The van der Waals surface area contributed by atoms with Crippen molar-refractivity contribution in [3.8, 4) is 5.75 Å². The highest BCUT2D eigenvalue weighted by atomic mass is 35.5. The largest absolute Gasteiger partial charge is 0.496 e. The number of aromatic nitrogens is 2. The number of carbonyl (C=O) groups is 3. The first kappa shape index (κ1) is 35.3. The molecule has 2 saturated heterocycles. The van der Waals surface area contributed by atoms with Gasteiger partial charge in [-0.05, 0) is 94.3 Å². The maximum Gasteiger partial charge on any atom is 0.249 e. The fourth-order valence-corrected chi connectivity index (χ4v) is 6.77. The van der Waals surface area contributed by atoms with E-state index in [0.717, 1.165) is 61.2 Å². The number of ether oxygens (including phenoxy) is 1. The van der Waals surface area contributed by atoms with Crippen LogP contribution < -0.4 is 36.2 Å². The Balaban J connectivity index is 1.43. The van der Waals surface area contributed by atoms with Crippen LogP contribution in [-0.2, 0) is 20.8 Å². The number of fused-ring (bicyclic) bond motifs is 1. The fourth-order valence-electron chi connectivity index (χ4n) is 6.47. The Morgan fingerprint density at radius 3 is 2.52 bits per heavy atom. The number of methoxy groups -OCH3 is 1. The number of hydrogen-bond donors (Lipinski definition) is 5. The Hall–Kier alpha value is -4.00. The van der Waals surface area contributed by atoms with E-state index in [1.54, 1.807) is 21.1 Å². The number of piperidine rings is 1. The maximum atomic E-state index is 13.7. The van der Waals surface area contributed by atoms with Gasteiger partial charge in [-0.3, -0.25) is 19.7 Å². The molecule has 258 valence electrons. The van der Waals surface area contributed by atoms with Crippen molar-refractivity contribution in [2.24, 2.45) is 5.41 Å². The zero-order chi connectivity index (χ0) is 34.4. The summed E-state index contributed by atoms with van der Waals surface area (Å²) in [5.74, 6) is -0.148. The van der Waals surface area contributed by atoms with Crippen molar-refractivity contribution in [1.82, 2.24) is 31.2 Å². The minimum absolute atomic E-state index is 0.318. The van der Waals surface area contributed by atoms with E-state index in [2.05, 4.69) is 41.5 Å². The standard InChI is InChI=1S/C35H47ClN8O4/c1-21(37-4)32(45)42-30(34(47)43-33(46)26-10-9-13-38-26)35(2,3)19-22-16-24-27(18-29(22)48-5)39-20-40-31(24)41-23-11-12-28(25(36)17-23)44-14-7-6-8-15-44/h11-12,16-18,20-21,26,30,37-38H,6-10,13-15,19H2,1-5H3,(H,42,45)(H,39,40,41)(H,43,46,47)/t21-,26-,30+/m0/s1. The summed E-state index contributed by atoms with van der Waals surface area (Å²) in [4.78, 5) is 51.0. The average Bonchev–Trinajstić information content (AvgIpc) is 3.62. The fraction of sp³-hybridized carbons (Fsp3) is 0.514. The summed E-state index contributed by atoms with van der Waals surface area (Å²) in [6.45, 7) is 8.20. The van der Waals surface area contributed by atoms with E-state index in [0.29, 0.717) is 34.9 Å². The molecule has 2 aromatic carbocycles. The Bertz CT molecular complexity index is 1640. The Morgan fingerprint density at radius 1 is 1.08 bits per heavy atom. The summed E-state index contributed by atoms with van der Waals surface area (Å²) < 4.78 is 5.79. The van der Waals surface area contributed by atoms with Crippen molar-refractivity contribution in [2.45, 2.75) is 77.4 Å². The summed E-state index contributed by atoms with van der Waals surface area (Å²) in [5.41, 5.74) is 2.40. The van der Waals surface area contributed by atoms with Gasteiger partial charge in [-0.1, -0.05) is 25.4 Å². The monoisotopic (exact) mass is 678 g/mol. The van der Waals surface area contributed by atoms with Gasteiger partial charge in [0.15, 0.2) is 0 Å². The van der Waals surface area contributed by atoms with Gasteiger partial charge in [-0.25, -0.2) is 9.97 Å². The molecule has 3 heterocycles. The molecule has 3 atom stereocenters. The van der Waals surface area contributed by atoms with Crippen LogP contribution >= 0.6 is 11.6 Å². The molecule has 0 radical (unpaired) electrons. The van der Waals surface area contributed by atoms with Crippen LogP contribution in [0.1, 0.15) is 58.4 Å². The Morgan fingerprint density at radius 2 is 1.85 bits per heavy atom. The number of benzene rings is 2. The van der Waals surface area contributed by atoms with Crippen molar-refractivity contribution >= 4 is 57.4 Å². The van der Waals surface area contributed by atoms with Gasteiger partial charge in [-0.15, -0.1) is 0 Å². The minimum atomic E-state index is -1.03. The van der Waals surface area contributed by atoms with Crippen LogP contribution in [0.25, 0.3) is 10.9 Å². The number of rotatable bonds is 12. The molecule has 5 rings (SSSR count).